The molecule has 1 heterocycles. The topological polar surface area (TPSA) is 32.3 Å². The van der Waals surface area contributed by atoms with Gasteiger partial charge in [0.2, 0.25) is 5.91 Å². The van der Waals surface area contributed by atoms with Crippen molar-refractivity contribution in [1.82, 2.24) is 10.2 Å². The molecule has 0 aromatic heterocycles. The molecular weight excluding hydrogens is 272 g/mol. The van der Waals surface area contributed by atoms with Gasteiger partial charge in [0.05, 0.1) is 0 Å². The van der Waals surface area contributed by atoms with E-state index in [1.165, 1.54) is 0 Å². The maximum absolute atomic E-state index is 12.7. The molecule has 2 aliphatic carbocycles. The molecule has 1 saturated heterocycles. The summed E-state index contributed by atoms with van der Waals surface area (Å²) in [5, 5.41) is 4.31. The van der Waals surface area contributed by atoms with Crippen LogP contribution in [0.4, 0.5) is 0 Å². The molecule has 3 aliphatic rings. The Bertz CT molecular complexity index is 546. The number of benzene rings is 1. The van der Waals surface area contributed by atoms with Crippen LogP contribution in [-0.2, 0) is 4.79 Å². The van der Waals surface area contributed by atoms with Gasteiger partial charge in [-0.3, -0.25) is 10.1 Å². The molecule has 0 bridgehead atoms. The van der Waals surface area contributed by atoms with Crippen LogP contribution in [0.1, 0.15) is 44.3 Å². The Labute approximate surface area is 124 Å². The van der Waals surface area contributed by atoms with Gasteiger partial charge in [0.25, 0.3) is 0 Å². The van der Waals surface area contributed by atoms with Gasteiger partial charge in [-0.2, -0.15) is 0 Å². The maximum atomic E-state index is 12.7. The second-order valence-corrected chi connectivity index (χ2v) is 7.06. The molecule has 1 aromatic carbocycles. The zero-order chi connectivity index (χ0) is 13.9. The van der Waals surface area contributed by atoms with Crippen LogP contribution in [0.3, 0.4) is 0 Å². The van der Waals surface area contributed by atoms with Crippen LogP contribution in [0.5, 0.6) is 0 Å². The second kappa shape index (κ2) is 4.22. The first-order chi connectivity index (χ1) is 9.59. The van der Waals surface area contributed by atoms with E-state index in [0.29, 0.717) is 11.9 Å². The maximum Gasteiger partial charge on any atom is 0.244 e. The summed E-state index contributed by atoms with van der Waals surface area (Å²) in [5.41, 5.74) is 0.898. The fraction of sp³-hybridized carbons (Fsp3) is 0.562. The minimum atomic E-state index is -0.247. The minimum absolute atomic E-state index is 0.0276. The van der Waals surface area contributed by atoms with Crippen LogP contribution in [-0.4, -0.2) is 22.4 Å². The van der Waals surface area contributed by atoms with Crippen molar-refractivity contribution < 1.29 is 4.79 Å². The average Bonchev–Trinajstić information content (AvgIpc) is 3.11. The molecule has 106 valence electrons. The predicted octanol–water partition coefficient (Wildman–Crippen LogP) is 3.10. The van der Waals surface area contributed by atoms with Crippen molar-refractivity contribution in [3.8, 4) is 0 Å². The third-order valence-corrected chi connectivity index (χ3v) is 5.27. The Morgan fingerprint density at radius 2 is 1.90 bits per heavy atom. The molecule has 4 heteroatoms. The van der Waals surface area contributed by atoms with Gasteiger partial charge in [-0.25, -0.2) is 0 Å². The highest BCUT2D eigenvalue weighted by Crippen LogP contribution is 2.49. The van der Waals surface area contributed by atoms with Crippen LogP contribution >= 0.6 is 11.6 Å². The zero-order valence-electron chi connectivity index (χ0n) is 11.6. The number of carbonyl (C=O) groups is 1. The number of hydrogen-bond acceptors (Lipinski definition) is 2. The van der Waals surface area contributed by atoms with Gasteiger partial charge < -0.3 is 4.90 Å². The molecule has 1 aromatic rings. The van der Waals surface area contributed by atoms with Crippen molar-refractivity contribution in [3.05, 3.63) is 34.9 Å². The summed E-state index contributed by atoms with van der Waals surface area (Å²) in [6, 6.07) is 8.28. The molecule has 1 atom stereocenters. The van der Waals surface area contributed by atoms with E-state index in [1.54, 1.807) is 0 Å². The number of nitrogens with zero attached hydrogens (tertiary/aromatic N) is 1. The first kappa shape index (κ1) is 12.7. The van der Waals surface area contributed by atoms with Crippen LogP contribution in [0.25, 0.3) is 0 Å². The lowest BCUT2D eigenvalue weighted by atomic mass is 9.80. The number of nitrogens with one attached hydrogen (secondary N) is 1. The molecule has 0 radical (unpaired) electrons. The quantitative estimate of drug-likeness (QED) is 0.908. The standard InChI is InChI=1S/C16H19ClN2O/c1-10-8-13(9-10)19-14(11-2-4-12(17)5-3-11)18-16(6-7-16)15(19)20/h2-5,10,13-14,18H,6-9H2,1H3. The van der Waals surface area contributed by atoms with E-state index in [2.05, 4.69) is 17.1 Å². The number of carbonyl (C=O) groups excluding carboxylic acids is 1. The normalized spacial score (nSPS) is 34.4. The first-order valence-electron chi connectivity index (χ1n) is 7.45. The third kappa shape index (κ3) is 1.80. The van der Waals surface area contributed by atoms with Crippen molar-refractivity contribution in [2.24, 2.45) is 5.92 Å². The number of amides is 1. The minimum Gasteiger partial charge on any atom is -0.318 e. The predicted molar refractivity (Wildman–Crippen MR) is 78.3 cm³/mol. The highest BCUT2D eigenvalue weighted by molar-refractivity contribution is 6.30. The van der Waals surface area contributed by atoms with Crippen molar-refractivity contribution in [1.29, 1.82) is 0 Å². The molecule has 2 saturated carbocycles. The van der Waals surface area contributed by atoms with E-state index in [4.69, 9.17) is 11.6 Å². The fourth-order valence-electron chi connectivity index (χ4n) is 3.59. The first-order valence-corrected chi connectivity index (χ1v) is 7.83. The monoisotopic (exact) mass is 290 g/mol. The number of hydrogen-bond donors (Lipinski definition) is 1. The second-order valence-electron chi connectivity index (χ2n) is 6.62. The Balaban J connectivity index is 1.65. The Hall–Kier alpha value is -1.06. The number of halogens is 1. The van der Waals surface area contributed by atoms with Crippen molar-refractivity contribution in [3.63, 3.8) is 0 Å². The molecule has 3 nitrogen and oxygen atoms in total. The molecule has 20 heavy (non-hydrogen) atoms. The summed E-state index contributed by atoms with van der Waals surface area (Å²) in [7, 11) is 0. The van der Waals surface area contributed by atoms with E-state index in [9.17, 15) is 4.79 Å². The van der Waals surface area contributed by atoms with Crippen LogP contribution in [0, 0.1) is 5.92 Å². The highest BCUT2D eigenvalue weighted by Gasteiger charge is 2.61. The summed E-state index contributed by atoms with van der Waals surface area (Å²) in [6.07, 6.45) is 4.25. The van der Waals surface area contributed by atoms with Gasteiger partial charge in [0.15, 0.2) is 0 Å². The fourth-order valence-corrected chi connectivity index (χ4v) is 3.72. The Morgan fingerprint density at radius 1 is 1.25 bits per heavy atom. The highest BCUT2D eigenvalue weighted by atomic mass is 35.5. The number of rotatable bonds is 2. The van der Waals surface area contributed by atoms with Gasteiger partial charge in [0.1, 0.15) is 11.7 Å². The van der Waals surface area contributed by atoms with Gasteiger partial charge in [0, 0.05) is 11.1 Å². The Morgan fingerprint density at radius 3 is 2.45 bits per heavy atom. The molecule has 1 spiro atoms. The summed E-state index contributed by atoms with van der Waals surface area (Å²) >= 11 is 5.97. The largest absolute Gasteiger partial charge is 0.318 e. The van der Waals surface area contributed by atoms with Crippen LogP contribution < -0.4 is 5.32 Å². The van der Waals surface area contributed by atoms with Crippen LogP contribution in [0.15, 0.2) is 24.3 Å². The average molecular weight is 291 g/mol. The molecule has 1 N–H and O–H groups in total. The van der Waals surface area contributed by atoms with E-state index in [-0.39, 0.29) is 11.7 Å². The Kier molecular flexibility index (Phi) is 2.67. The molecule has 1 amide bonds. The molecule has 4 rings (SSSR count). The molecule has 1 unspecified atom stereocenters. The van der Waals surface area contributed by atoms with Gasteiger partial charge in [-0.15, -0.1) is 0 Å². The van der Waals surface area contributed by atoms with Crippen molar-refractivity contribution in [2.75, 3.05) is 0 Å². The van der Waals surface area contributed by atoms with Gasteiger partial charge in [-0.05, 0) is 49.3 Å². The molecule has 3 fully saturated rings. The van der Waals surface area contributed by atoms with Crippen molar-refractivity contribution in [2.45, 2.75) is 50.4 Å². The summed E-state index contributed by atoms with van der Waals surface area (Å²) in [5.74, 6) is 1.06. The van der Waals surface area contributed by atoms with Crippen molar-refractivity contribution >= 4 is 17.5 Å². The lowest BCUT2D eigenvalue weighted by molar-refractivity contribution is -0.135. The van der Waals surface area contributed by atoms with E-state index in [1.807, 2.05) is 24.3 Å². The van der Waals surface area contributed by atoms with E-state index in [0.717, 1.165) is 42.2 Å². The SMILES string of the molecule is CC1CC(N2C(=O)C3(CC3)NC2c2ccc(Cl)cc2)C1. The summed E-state index contributed by atoms with van der Waals surface area (Å²) in [4.78, 5) is 14.8. The summed E-state index contributed by atoms with van der Waals surface area (Å²) < 4.78 is 0. The van der Waals surface area contributed by atoms with Crippen LogP contribution in [0.2, 0.25) is 5.02 Å². The zero-order valence-corrected chi connectivity index (χ0v) is 12.4. The lowest BCUT2D eigenvalue weighted by Crippen LogP contribution is -2.47. The van der Waals surface area contributed by atoms with Gasteiger partial charge in [-0.1, -0.05) is 30.7 Å². The van der Waals surface area contributed by atoms with Gasteiger partial charge >= 0.3 is 0 Å². The summed E-state index contributed by atoms with van der Waals surface area (Å²) in [6.45, 7) is 2.26. The smallest absolute Gasteiger partial charge is 0.244 e. The molecule has 1 aliphatic heterocycles. The van der Waals surface area contributed by atoms with E-state index < -0.39 is 0 Å². The molecular formula is C16H19ClN2O. The third-order valence-electron chi connectivity index (χ3n) is 5.01. The lowest BCUT2D eigenvalue weighted by Gasteiger charge is -2.42. The van der Waals surface area contributed by atoms with E-state index >= 15 is 0 Å².